The largest absolute Gasteiger partial charge is 0.312 e. The van der Waals surface area contributed by atoms with Crippen LogP contribution < -0.4 is 5.32 Å². The van der Waals surface area contributed by atoms with Gasteiger partial charge in [0.25, 0.3) is 0 Å². The Morgan fingerprint density at radius 1 is 1.30 bits per heavy atom. The number of hydrogen-bond donors (Lipinski definition) is 1. The van der Waals surface area contributed by atoms with Crippen molar-refractivity contribution in [1.82, 2.24) is 20.1 Å². The number of sulfone groups is 1. The van der Waals surface area contributed by atoms with Crippen molar-refractivity contribution in [3.8, 4) is 5.69 Å². The van der Waals surface area contributed by atoms with Crippen LogP contribution in [0, 0.1) is 0 Å². The molecule has 1 aliphatic heterocycles. The van der Waals surface area contributed by atoms with Crippen LogP contribution in [0.4, 0.5) is 0 Å². The molecule has 6 nitrogen and oxygen atoms in total. The summed E-state index contributed by atoms with van der Waals surface area (Å²) in [5.41, 5.74) is 0.978. The molecule has 3 rings (SSSR count). The number of rotatable bonds is 3. The molecule has 0 radical (unpaired) electrons. The Morgan fingerprint density at radius 3 is 2.85 bits per heavy atom. The van der Waals surface area contributed by atoms with Crippen molar-refractivity contribution in [1.29, 1.82) is 0 Å². The molecule has 0 spiro atoms. The summed E-state index contributed by atoms with van der Waals surface area (Å²) in [4.78, 5) is 0. The predicted octanol–water partition coefficient (Wildman–Crippen LogP) is 0.196. The molecule has 1 saturated heterocycles. The van der Waals surface area contributed by atoms with Crippen LogP contribution in [0.5, 0.6) is 0 Å². The normalized spacial score (nSPS) is 21.7. The second kappa shape index (κ2) is 5.34. The maximum atomic E-state index is 11.7. The lowest BCUT2D eigenvalue weighted by molar-refractivity contribution is 0.506. The van der Waals surface area contributed by atoms with Crippen molar-refractivity contribution >= 4 is 9.84 Å². The minimum atomic E-state index is -2.93. The first-order chi connectivity index (χ1) is 9.64. The minimum absolute atomic E-state index is 0.0968. The predicted molar refractivity (Wildman–Crippen MR) is 75.5 cm³/mol. The molecule has 1 atom stereocenters. The lowest BCUT2D eigenvalue weighted by Gasteiger charge is -2.23. The molecule has 7 heteroatoms. The summed E-state index contributed by atoms with van der Waals surface area (Å²) in [5, 5.41) is 11.3. The lowest BCUT2D eigenvalue weighted by atomic mass is 10.2. The molecule has 1 unspecified atom stereocenters. The van der Waals surface area contributed by atoms with Crippen molar-refractivity contribution in [3.05, 3.63) is 42.5 Å². The summed E-state index contributed by atoms with van der Waals surface area (Å²) < 4.78 is 25.2. The number of hydrogen-bond acceptors (Lipinski definition) is 5. The number of aromatic nitrogens is 3. The van der Waals surface area contributed by atoms with Crippen molar-refractivity contribution < 1.29 is 8.42 Å². The Morgan fingerprint density at radius 2 is 2.10 bits per heavy atom. The zero-order valence-electron chi connectivity index (χ0n) is 10.9. The fraction of sp³-hybridized carbons (Fsp3) is 0.385. The molecule has 0 saturated carbocycles. The van der Waals surface area contributed by atoms with Gasteiger partial charge >= 0.3 is 0 Å². The Kier molecular flexibility index (Phi) is 3.54. The zero-order valence-corrected chi connectivity index (χ0v) is 11.8. The van der Waals surface area contributed by atoms with Crippen LogP contribution in [0.3, 0.4) is 0 Å². The Labute approximate surface area is 117 Å². The third-order valence-corrected chi connectivity index (χ3v) is 5.12. The van der Waals surface area contributed by atoms with Gasteiger partial charge in [-0.1, -0.05) is 18.2 Å². The molecule has 1 aliphatic rings. The molecular formula is C13H16N4O2S. The van der Waals surface area contributed by atoms with E-state index in [-0.39, 0.29) is 17.5 Å². The highest BCUT2D eigenvalue weighted by molar-refractivity contribution is 7.91. The fourth-order valence-electron chi connectivity index (χ4n) is 2.42. The van der Waals surface area contributed by atoms with Crippen molar-refractivity contribution in [2.45, 2.75) is 12.5 Å². The third-order valence-electron chi connectivity index (χ3n) is 3.38. The Bertz CT molecular complexity index is 681. The van der Waals surface area contributed by atoms with Crippen molar-refractivity contribution in [2.75, 3.05) is 18.1 Å². The van der Waals surface area contributed by atoms with Gasteiger partial charge in [-0.05, 0) is 12.1 Å². The molecular weight excluding hydrogens is 276 g/mol. The van der Waals surface area contributed by atoms with Crippen molar-refractivity contribution in [2.24, 2.45) is 0 Å². The van der Waals surface area contributed by atoms with E-state index in [1.165, 1.54) is 0 Å². The summed E-state index contributed by atoms with van der Waals surface area (Å²) in [6, 6.07) is 9.68. The topological polar surface area (TPSA) is 76.9 Å². The van der Waals surface area contributed by atoms with Crippen molar-refractivity contribution in [3.63, 3.8) is 0 Å². The van der Waals surface area contributed by atoms with E-state index in [4.69, 9.17) is 0 Å². The molecule has 106 valence electrons. The van der Waals surface area contributed by atoms with Gasteiger partial charge in [-0.3, -0.25) is 4.57 Å². The molecule has 1 N–H and O–H groups in total. The number of nitrogens with one attached hydrogen (secondary N) is 1. The van der Waals surface area contributed by atoms with Gasteiger partial charge in [0.2, 0.25) is 0 Å². The van der Waals surface area contributed by atoms with E-state index in [2.05, 4.69) is 15.5 Å². The molecule has 20 heavy (non-hydrogen) atoms. The fourth-order valence-corrected chi connectivity index (χ4v) is 3.87. The van der Waals surface area contributed by atoms with Gasteiger partial charge in [0.1, 0.15) is 12.2 Å². The van der Waals surface area contributed by atoms with Crippen LogP contribution in [-0.4, -0.2) is 47.3 Å². The first-order valence-corrected chi connectivity index (χ1v) is 8.34. The molecule has 0 aliphatic carbocycles. The Hall–Kier alpha value is -1.73. The van der Waals surface area contributed by atoms with E-state index in [0.29, 0.717) is 13.0 Å². The molecule has 1 aromatic carbocycles. The smallest absolute Gasteiger partial charge is 0.153 e. The summed E-state index contributed by atoms with van der Waals surface area (Å²) in [6.07, 6.45) is 2.20. The zero-order chi connectivity index (χ0) is 14.0. The molecule has 2 aromatic rings. The van der Waals surface area contributed by atoms with Gasteiger partial charge in [0.05, 0.1) is 11.5 Å². The van der Waals surface area contributed by atoms with Gasteiger partial charge < -0.3 is 5.32 Å². The minimum Gasteiger partial charge on any atom is -0.312 e. The van der Waals surface area contributed by atoms with Crippen LogP contribution in [0.25, 0.3) is 5.69 Å². The Balaban J connectivity index is 1.81. The second-order valence-electron chi connectivity index (χ2n) is 4.92. The maximum absolute atomic E-state index is 11.7. The van der Waals surface area contributed by atoms with Gasteiger partial charge in [0.15, 0.2) is 9.84 Å². The number of benzene rings is 1. The lowest BCUT2D eigenvalue weighted by Crippen LogP contribution is -2.46. The summed E-state index contributed by atoms with van der Waals surface area (Å²) in [5.74, 6) is 1.15. The monoisotopic (exact) mass is 292 g/mol. The highest BCUT2D eigenvalue weighted by Gasteiger charge is 2.25. The molecule has 0 bridgehead atoms. The van der Waals surface area contributed by atoms with E-state index in [1.54, 1.807) is 6.33 Å². The van der Waals surface area contributed by atoms with E-state index in [1.807, 2.05) is 34.9 Å². The summed E-state index contributed by atoms with van der Waals surface area (Å²) in [7, 11) is -2.93. The SMILES string of the molecule is O=S1(=O)CCNC(Cc2nncn2-c2ccccc2)C1. The number of para-hydroxylation sites is 1. The van der Waals surface area contributed by atoms with E-state index in [0.717, 1.165) is 11.5 Å². The second-order valence-corrected chi connectivity index (χ2v) is 7.15. The first kappa shape index (κ1) is 13.3. The van der Waals surface area contributed by atoms with E-state index < -0.39 is 9.84 Å². The van der Waals surface area contributed by atoms with Gasteiger partial charge in [-0.2, -0.15) is 0 Å². The average molecular weight is 292 g/mol. The van der Waals surface area contributed by atoms with Crippen LogP contribution in [0.15, 0.2) is 36.7 Å². The van der Waals surface area contributed by atoms with Crippen LogP contribution in [-0.2, 0) is 16.3 Å². The quantitative estimate of drug-likeness (QED) is 0.874. The number of nitrogens with zero attached hydrogens (tertiary/aromatic N) is 3. The molecule has 0 amide bonds. The molecule has 1 aromatic heterocycles. The maximum Gasteiger partial charge on any atom is 0.153 e. The van der Waals surface area contributed by atoms with Gasteiger partial charge in [-0.15, -0.1) is 10.2 Å². The van der Waals surface area contributed by atoms with Gasteiger partial charge in [-0.25, -0.2) is 8.42 Å². The van der Waals surface area contributed by atoms with Crippen LogP contribution >= 0.6 is 0 Å². The molecule has 2 heterocycles. The average Bonchev–Trinajstić information content (AvgIpc) is 2.87. The highest BCUT2D eigenvalue weighted by atomic mass is 32.2. The van der Waals surface area contributed by atoms with Crippen LogP contribution in [0.2, 0.25) is 0 Å². The van der Waals surface area contributed by atoms with Gasteiger partial charge in [0, 0.05) is 24.7 Å². The molecule has 1 fully saturated rings. The third kappa shape index (κ3) is 2.88. The van der Waals surface area contributed by atoms with E-state index >= 15 is 0 Å². The van der Waals surface area contributed by atoms with E-state index in [9.17, 15) is 8.42 Å². The summed E-state index contributed by atoms with van der Waals surface area (Å²) >= 11 is 0. The van der Waals surface area contributed by atoms with Crippen LogP contribution in [0.1, 0.15) is 5.82 Å². The first-order valence-electron chi connectivity index (χ1n) is 6.52. The summed E-state index contributed by atoms with van der Waals surface area (Å²) in [6.45, 7) is 0.506. The highest BCUT2D eigenvalue weighted by Crippen LogP contribution is 2.12. The standard InChI is InChI=1S/C13H16N4O2S/c18-20(19)7-6-14-11(9-20)8-13-16-15-10-17(13)12-4-2-1-3-5-12/h1-5,10-11,14H,6-9H2.